The van der Waals surface area contributed by atoms with Gasteiger partial charge < -0.3 is 15.5 Å². The van der Waals surface area contributed by atoms with Gasteiger partial charge >= 0.3 is 0 Å². The first kappa shape index (κ1) is 18.6. The van der Waals surface area contributed by atoms with Crippen LogP contribution in [-0.4, -0.2) is 53.0 Å². The number of hydrogen-bond donors (Lipinski definition) is 1. The molecule has 0 radical (unpaired) electrons. The molecule has 4 rings (SSSR count). The van der Waals surface area contributed by atoms with Gasteiger partial charge in [-0.1, -0.05) is 0 Å². The maximum Gasteiger partial charge on any atom is 0.226 e. The average molecular weight is 388 g/mol. The zero-order valence-electron chi connectivity index (χ0n) is 16.3. The summed E-state index contributed by atoms with van der Waals surface area (Å²) in [6.45, 7) is 7.50. The van der Waals surface area contributed by atoms with Crippen LogP contribution in [0.4, 0.5) is 5.82 Å². The van der Waals surface area contributed by atoms with E-state index in [9.17, 15) is 4.79 Å². The zero-order chi connectivity index (χ0) is 19.0. The first-order chi connectivity index (χ1) is 13.1. The highest BCUT2D eigenvalue weighted by Gasteiger charge is 2.33. The van der Waals surface area contributed by atoms with E-state index in [1.807, 2.05) is 0 Å². The van der Waals surface area contributed by atoms with Crippen molar-refractivity contribution in [1.82, 2.24) is 14.9 Å². The van der Waals surface area contributed by atoms with Gasteiger partial charge in [0.2, 0.25) is 5.91 Å². The lowest BCUT2D eigenvalue weighted by Crippen LogP contribution is -2.51. The molecule has 2 aliphatic rings. The number of hydrogen-bond acceptors (Lipinski definition) is 6. The van der Waals surface area contributed by atoms with Crippen LogP contribution >= 0.6 is 11.3 Å². The van der Waals surface area contributed by atoms with Crippen molar-refractivity contribution >= 4 is 33.3 Å². The van der Waals surface area contributed by atoms with Crippen LogP contribution in [0.5, 0.6) is 0 Å². The Labute approximate surface area is 164 Å². The largest absolute Gasteiger partial charge is 0.356 e. The summed E-state index contributed by atoms with van der Waals surface area (Å²) < 4.78 is 0. The number of carbonyl (C=O) groups excluding carboxylic acids is 1. The monoisotopic (exact) mass is 387 g/mol. The molecule has 7 heteroatoms. The molecule has 27 heavy (non-hydrogen) atoms. The van der Waals surface area contributed by atoms with Gasteiger partial charge in [0.05, 0.1) is 5.39 Å². The molecule has 4 heterocycles. The van der Waals surface area contributed by atoms with Gasteiger partial charge in [0, 0.05) is 43.0 Å². The summed E-state index contributed by atoms with van der Waals surface area (Å²) in [5, 5.41) is 1.18. The summed E-state index contributed by atoms with van der Waals surface area (Å²) in [6.07, 6.45) is 6.80. The molecule has 2 aromatic rings. The smallest absolute Gasteiger partial charge is 0.226 e. The number of carbonyl (C=O) groups is 1. The molecule has 6 nitrogen and oxygen atoms in total. The molecule has 0 spiro atoms. The number of likely N-dealkylation sites (tertiary alicyclic amines) is 1. The minimum atomic E-state index is 0.121. The minimum absolute atomic E-state index is 0.121. The molecular formula is C20H29N5OS. The summed E-state index contributed by atoms with van der Waals surface area (Å²) in [5.74, 6) is 1.47. The first-order valence-corrected chi connectivity index (χ1v) is 10.9. The van der Waals surface area contributed by atoms with Crippen molar-refractivity contribution in [3.8, 4) is 0 Å². The fourth-order valence-corrected chi connectivity index (χ4v) is 5.50. The van der Waals surface area contributed by atoms with Gasteiger partial charge in [-0.25, -0.2) is 9.97 Å². The second kappa shape index (κ2) is 7.72. The lowest BCUT2D eigenvalue weighted by molar-refractivity contribution is -0.139. The molecule has 2 aliphatic heterocycles. The fourth-order valence-electron chi connectivity index (χ4n) is 4.51. The van der Waals surface area contributed by atoms with Gasteiger partial charge in [-0.05, 0) is 51.5 Å². The summed E-state index contributed by atoms with van der Waals surface area (Å²) in [7, 11) is 0. The van der Waals surface area contributed by atoms with Crippen molar-refractivity contribution in [2.75, 3.05) is 31.1 Å². The number of fused-ring (bicyclic) bond motifs is 1. The molecule has 2 aromatic heterocycles. The van der Waals surface area contributed by atoms with E-state index in [2.05, 4.69) is 33.6 Å². The van der Waals surface area contributed by atoms with Crippen LogP contribution < -0.4 is 10.6 Å². The fraction of sp³-hybridized carbons (Fsp3) is 0.650. The summed E-state index contributed by atoms with van der Waals surface area (Å²) in [5.41, 5.74) is 7.19. The van der Waals surface area contributed by atoms with E-state index >= 15 is 0 Å². The molecule has 2 N–H and O–H groups in total. The standard InChI is InChI=1S/C20H29N5OS/c1-13-14(2)27-19-17(13)18(22-12-23-19)24-9-6-15(7-10-24)20(26)25-8-4-3-5-16(25)11-21/h12,15-16H,3-11,21H2,1-2H3. The quantitative estimate of drug-likeness (QED) is 0.876. The van der Waals surface area contributed by atoms with E-state index in [4.69, 9.17) is 5.73 Å². The van der Waals surface area contributed by atoms with E-state index in [0.717, 1.165) is 56.0 Å². The Hall–Kier alpha value is -1.73. The molecule has 1 amide bonds. The Morgan fingerprint density at radius 1 is 1.19 bits per heavy atom. The molecular weight excluding hydrogens is 358 g/mol. The van der Waals surface area contributed by atoms with Gasteiger partial charge in [-0.2, -0.15) is 0 Å². The van der Waals surface area contributed by atoms with Crippen LogP contribution in [0.25, 0.3) is 10.2 Å². The van der Waals surface area contributed by atoms with E-state index < -0.39 is 0 Å². The maximum absolute atomic E-state index is 13.1. The summed E-state index contributed by atoms with van der Waals surface area (Å²) in [6, 6.07) is 0.238. The number of nitrogens with zero attached hydrogens (tertiary/aromatic N) is 4. The molecule has 2 fully saturated rings. The van der Waals surface area contributed by atoms with Crippen LogP contribution in [0, 0.1) is 19.8 Å². The van der Waals surface area contributed by atoms with Crippen LogP contribution in [0.3, 0.4) is 0 Å². The maximum atomic E-state index is 13.1. The summed E-state index contributed by atoms with van der Waals surface area (Å²) >= 11 is 1.73. The van der Waals surface area contributed by atoms with E-state index in [-0.39, 0.29) is 12.0 Å². The van der Waals surface area contributed by atoms with Crippen molar-refractivity contribution in [3.63, 3.8) is 0 Å². The predicted molar refractivity (Wildman–Crippen MR) is 110 cm³/mol. The summed E-state index contributed by atoms with van der Waals surface area (Å²) in [4.78, 5) is 28.9. The number of thiophene rings is 1. The SMILES string of the molecule is Cc1sc2ncnc(N3CCC(C(=O)N4CCCCC4CN)CC3)c2c1C. The molecule has 2 saturated heterocycles. The van der Waals surface area contributed by atoms with Crippen molar-refractivity contribution in [2.24, 2.45) is 11.7 Å². The number of nitrogens with two attached hydrogens (primary N) is 1. The van der Waals surface area contributed by atoms with Crippen LogP contribution in [0.15, 0.2) is 6.33 Å². The minimum Gasteiger partial charge on any atom is -0.356 e. The number of rotatable bonds is 3. The molecule has 0 bridgehead atoms. The normalized spacial score (nSPS) is 21.8. The Morgan fingerprint density at radius 2 is 1.96 bits per heavy atom. The van der Waals surface area contributed by atoms with Gasteiger partial charge in [-0.15, -0.1) is 11.3 Å². The Bertz CT molecular complexity index is 827. The molecule has 0 aromatic carbocycles. The highest BCUT2D eigenvalue weighted by molar-refractivity contribution is 7.18. The molecule has 1 atom stereocenters. The van der Waals surface area contributed by atoms with Gasteiger partial charge in [0.15, 0.2) is 0 Å². The highest BCUT2D eigenvalue weighted by Crippen LogP contribution is 2.36. The highest BCUT2D eigenvalue weighted by atomic mass is 32.1. The lowest BCUT2D eigenvalue weighted by atomic mass is 9.92. The van der Waals surface area contributed by atoms with E-state index in [1.54, 1.807) is 17.7 Å². The van der Waals surface area contributed by atoms with E-state index in [1.165, 1.54) is 22.2 Å². The van der Waals surface area contributed by atoms with Crippen molar-refractivity contribution in [2.45, 2.75) is 52.0 Å². The molecule has 146 valence electrons. The second-order valence-corrected chi connectivity index (χ2v) is 9.04. The predicted octanol–water partition coefficient (Wildman–Crippen LogP) is 2.86. The Morgan fingerprint density at radius 3 is 2.70 bits per heavy atom. The lowest BCUT2D eigenvalue weighted by Gasteiger charge is -2.40. The van der Waals surface area contributed by atoms with Crippen LogP contribution in [0.2, 0.25) is 0 Å². The topological polar surface area (TPSA) is 75.4 Å². The average Bonchev–Trinajstić information content (AvgIpc) is 3.01. The molecule has 0 aliphatic carbocycles. The third-order valence-electron chi connectivity index (χ3n) is 6.27. The number of aryl methyl sites for hydroxylation is 2. The van der Waals surface area contributed by atoms with Crippen molar-refractivity contribution < 1.29 is 4.79 Å². The molecule has 1 unspecified atom stereocenters. The van der Waals surface area contributed by atoms with Gasteiger partial charge in [0.1, 0.15) is 17.0 Å². The Balaban J connectivity index is 1.47. The van der Waals surface area contributed by atoms with Crippen LogP contribution in [0.1, 0.15) is 42.5 Å². The zero-order valence-corrected chi connectivity index (χ0v) is 17.1. The number of anilines is 1. The van der Waals surface area contributed by atoms with Gasteiger partial charge in [0.25, 0.3) is 0 Å². The number of aromatic nitrogens is 2. The van der Waals surface area contributed by atoms with Crippen molar-refractivity contribution in [1.29, 1.82) is 0 Å². The number of piperidine rings is 2. The van der Waals surface area contributed by atoms with Crippen molar-refractivity contribution in [3.05, 3.63) is 16.8 Å². The Kier molecular flexibility index (Phi) is 5.32. The third-order valence-corrected chi connectivity index (χ3v) is 7.39. The van der Waals surface area contributed by atoms with E-state index in [0.29, 0.717) is 12.5 Å². The number of amides is 1. The van der Waals surface area contributed by atoms with Gasteiger partial charge in [-0.3, -0.25) is 4.79 Å². The van der Waals surface area contributed by atoms with Crippen LogP contribution in [-0.2, 0) is 4.79 Å². The first-order valence-electron chi connectivity index (χ1n) is 10.1. The second-order valence-electron chi connectivity index (χ2n) is 7.84. The third kappa shape index (κ3) is 3.43. The molecule has 0 saturated carbocycles.